The zero-order valence-electron chi connectivity index (χ0n) is 14.1. The Hall–Kier alpha value is -2.48. The molecular weight excluding hydrogens is 322 g/mol. The fourth-order valence-corrected chi connectivity index (χ4v) is 2.76. The number of carbonyl (C=O) groups excluding carboxylic acids is 1. The number of ether oxygens (including phenoxy) is 2. The van der Waals surface area contributed by atoms with Gasteiger partial charge in [0.05, 0.1) is 25.3 Å². The maximum absolute atomic E-state index is 12.7. The van der Waals surface area contributed by atoms with Crippen LogP contribution in [0.4, 0.5) is 0 Å². The monoisotopic (exact) mass is 343 g/mol. The van der Waals surface area contributed by atoms with E-state index in [4.69, 9.17) is 9.47 Å². The fraction of sp³-hybridized carbons (Fsp3) is 0.529. The molecule has 1 aliphatic heterocycles. The van der Waals surface area contributed by atoms with Crippen LogP contribution in [0.1, 0.15) is 41.0 Å². The lowest BCUT2D eigenvalue weighted by Crippen LogP contribution is -2.42. The number of hydrogen-bond donors (Lipinski definition) is 1. The van der Waals surface area contributed by atoms with Crippen LogP contribution < -0.4 is 4.74 Å². The molecule has 1 unspecified atom stereocenters. The van der Waals surface area contributed by atoms with Gasteiger partial charge in [-0.05, 0) is 31.7 Å². The standard InChI is InChI=1S/C17H21N5O3/c1-11-19-16(21-20-11)14-9-22(6-7-24-14)17(23)13-4-5-15(18-8-13)25-10-12-2-3-12/h4-5,8,12,14H,2-3,6-7,9-10H2,1H3,(H,19,20,21). The highest BCUT2D eigenvalue weighted by molar-refractivity contribution is 5.94. The fourth-order valence-electron chi connectivity index (χ4n) is 2.76. The minimum Gasteiger partial charge on any atom is -0.477 e. The van der Waals surface area contributed by atoms with Gasteiger partial charge in [-0.1, -0.05) is 0 Å². The van der Waals surface area contributed by atoms with Gasteiger partial charge in [0, 0.05) is 18.8 Å². The number of pyridine rings is 1. The van der Waals surface area contributed by atoms with Gasteiger partial charge in [0.2, 0.25) is 5.88 Å². The highest BCUT2D eigenvalue weighted by Crippen LogP contribution is 2.29. The Morgan fingerprint density at radius 2 is 2.32 bits per heavy atom. The summed E-state index contributed by atoms with van der Waals surface area (Å²) in [4.78, 5) is 23.0. The van der Waals surface area contributed by atoms with Gasteiger partial charge in [-0.25, -0.2) is 9.97 Å². The first-order chi connectivity index (χ1) is 12.2. The van der Waals surface area contributed by atoms with Crippen molar-refractivity contribution >= 4 is 5.91 Å². The van der Waals surface area contributed by atoms with Crippen molar-refractivity contribution in [3.05, 3.63) is 35.5 Å². The number of aromatic amines is 1. The van der Waals surface area contributed by atoms with Crippen LogP contribution in [0, 0.1) is 12.8 Å². The molecule has 0 aromatic carbocycles. The minimum atomic E-state index is -0.309. The zero-order valence-corrected chi connectivity index (χ0v) is 14.1. The van der Waals surface area contributed by atoms with E-state index in [1.165, 1.54) is 12.8 Å². The van der Waals surface area contributed by atoms with Crippen molar-refractivity contribution in [1.29, 1.82) is 0 Å². The Morgan fingerprint density at radius 1 is 1.44 bits per heavy atom. The molecule has 1 atom stereocenters. The Kier molecular flexibility index (Phi) is 4.35. The first-order valence-corrected chi connectivity index (χ1v) is 8.57. The predicted molar refractivity (Wildman–Crippen MR) is 88.2 cm³/mol. The minimum absolute atomic E-state index is 0.0678. The summed E-state index contributed by atoms with van der Waals surface area (Å²) in [5.41, 5.74) is 0.547. The van der Waals surface area contributed by atoms with E-state index in [0.29, 0.717) is 49.5 Å². The molecule has 1 aliphatic carbocycles. The summed E-state index contributed by atoms with van der Waals surface area (Å²) in [5, 5.41) is 6.93. The molecule has 132 valence electrons. The average Bonchev–Trinajstić information content (AvgIpc) is 3.39. The molecule has 25 heavy (non-hydrogen) atoms. The van der Waals surface area contributed by atoms with E-state index in [0.717, 1.165) is 5.82 Å². The van der Waals surface area contributed by atoms with E-state index in [1.54, 1.807) is 23.2 Å². The lowest BCUT2D eigenvalue weighted by atomic mass is 10.2. The van der Waals surface area contributed by atoms with Gasteiger partial charge in [0.1, 0.15) is 11.9 Å². The summed E-state index contributed by atoms with van der Waals surface area (Å²) in [6, 6.07) is 3.52. The van der Waals surface area contributed by atoms with Crippen LogP contribution in [-0.4, -0.2) is 57.3 Å². The largest absolute Gasteiger partial charge is 0.477 e. The highest BCUT2D eigenvalue weighted by Gasteiger charge is 2.28. The highest BCUT2D eigenvalue weighted by atomic mass is 16.5. The first-order valence-electron chi connectivity index (χ1n) is 8.57. The SMILES string of the molecule is Cc1nc(C2CN(C(=O)c3ccc(OCC4CC4)nc3)CCO2)n[nH]1. The van der Waals surface area contributed by atoms with Gasteiger partial charge in [-0.2, -0.15) is 5.10 Å². The van der Waals surface area contributed by atoms with Crippen molar-refractivity contribution in [1.82, 2.24) is 25.1 Å². The molecular formula is C17H21N5O3. The van der Waals surface area contributed by atoms with Crippen LogP contribution in [0.5, 0.6) is 5.88 Å². The number of nitrogens with one attached hydrogen (secondary N) is 1. The van der Waals surface area contributed by atoms with E-state index in [9.17, 15) is 4.79 Å². The van der Waals surface area contributed by atoms with Crippen molar-refractivity contribution in [2.45, 2.75) is 25.9 Å². The van der Waals surface area contributed by atoms with E-state index in [-0.39, 0.29) is 12.0 Å². The van der Waals surface area contributed by atoms with Crippen LogP contribution >= 0.6 is 0 Å². The van der Waals surface area contributed by atoms with Crippen molar-refractivity contribution in [2.24, 2.45) is 5.92 Å². The molecule has 2 aromatic rings. The number of aromatic nitrogens is 4. The Morgan fingerprint density at radius 3 is 3.00 bits per heavy atom. The van der Waals surface area contributed by atoms with Gasteiger partial charge >= 0.3 is 0 Å². The van der Waals surface area contributed by atoms with Gasteiger partial charge in [-0.3, -0.25) is 9.89 Å². The third-order valence-corrected chi connectivity index (χ3v) is 4.40. The Bertz CT molecular complexity index is 741. The predicted octanol–water partition coefficient (Wildman–Crippen LogP) is 1.51. The quantitative estimate of drug-likeness (QED) is 0.884. The number of nitrogens with zero attached hydrogens (tertiary/aromatic N) is 4. The molecule has 4 rings (SSSR count). The summed E-state index contributed by atoms with van der Waals surface area (Å²) in [5.74, 6) is 2.49. The Labute approximate surface area is 145 Å². The van der Waals surface area contributed by atoms with E-state index in [1.807, 2.05) is 6.92 Å². The van der Waals surface area contributed by atoms with Crippen LogP contribution in [0.2, 0.25) is 0 Å². The molecule has 2 aliphatic rings. The molecule has 2 aromatic heterocycles. The van der Waals surface area contributed by atoms with E-state index in [2.05, 4.69) is 20.2 Å². The Balaban J connectivity index is 1.39. The third-order valence-electron chi connectivity index (χ3n) is 4.40. The number of carbonyl (C=O) groups is 1. The van der Waals surface area contributed by atoms with Gasteiger partial charge < -0.3 is 14.4 Å². The van der Waals surface area contributed by atoms with Crippen LogP contribution in [-0.2, 0) is 4.74 Å². The van der Waals surface area contributed by atoms with Crippen LogP contribution in [0.25, 0.3) is 0 Å². The summed E-state index contributed by atoms with van der Waals surface area (Å²) in [7, 11) is 0. The van der Waals surface area contributed by atoms with Crippen molar-refractivity contribution in [2.75, 3.05) is 26.3 Å². The van der Waals surface area contributed by atoms with Crippen molar-refractivity contribution in [3.63, 3.8) is 0 Å². The lowest BCUT2D eigenvalue weighted by molar-refractivity contribution is -0.0266. The molecule has 1 saturated heterocycles. The van der Waals surface area contributed by atoms with E-state index < -0.39 is 0 Å². The lowest BCUT2D eigenvalue weighted by Gasteiger charge is -2.31. The summed E-state index contributed by atoms with van der Waals surface area (Å²) in [6.45, 7) is 3.97. The first kappa shape index (κ1) is 16.0. The normalized spacial score (nSPS) is 20.5. The van der Waals surface area contributed by atoms with Gasteiger partial charge in [0.25, 0.3) is 5.91 Å². The van der Waals surface area contributed by atoms with Gasteiger partial charge in [-0.15, -0.1) is 0 Å². The molecule has 2 fully saturated rings. The average molecular weight is 343 g/mol. The number of rotatable bonds is 5. The number of H-pyrrole nitrogens is 1. The second kappa shape index (κ2) is 6.79. The molecule has 3 heterocycles. The number of hydrogen-bond acceptors (Lipinski definition) is 6. The topological polar surface area (TPSA) is 93.2 Å². The maximum atomic E-state index is 12.7. The molecule has 0 radical (unpaired) electrons. The van der Waals surface area contributed by atoms with Crippen LogP contribution in [0.15, 0.2) is 18.3 Å². The molecule has 1 saturated carbocycles. The summed E-state index contributed by atoms with van der Waals surface area (Å²) < 4.78 is 11.3. The number of aryl methyl sites for hydroxylation is 1. The summed E-state index contributed by atoms with van der Waals surface area (Å²) in [6.07, 6.45) is 3.74. The molecule has 8 heteroatoms. The molecule has 8 nitrogen and oxygen atoms in total. The van der Waals surface area contributed by atoms with Crippen molar-refractivity contribution < 1.29 is 14.3 Å². The molecule has 0 spiro atoms. The number of amides is 1. The molecule has 1 N–H and O–H groups in total. The summed E-state index contributed by atoms with van der Waals surface area (Å²) >= 11 is 0. The second-order valence-corrected chi connectivity index (χ2v) is 6.53. The second-order valence-electron chi connectivity index (χ2n) is 6.53. The van der Waals surface area contributed by atoms with E-state index >= 15 is 0 Å². The number of morpholine rings is 1. The van der Waals surface area contributed by atoms with Gasteiger partial charge in [0.15, 0.2) is 5.82 Å². The zero-order chi connectivity index (χ0) is 17.2. The third kappa shape index (κ3) is 3.79. The van der Waals surface area contributed by atoms with Crippen LogP contribution in [0.3, 0.4) is 0 Å². The van der Waals surface area contributed by atoms with Crippen molar-refractivity contribution in [3.8, 4) is 5.88 Å². The maximum Gasteiger partial charge on any atom is 0.255 e. The molecule has 0 bridgehead atoms. The smallest absolute Gasteiger partial charge is 0.255 e. The molecule has 1 amide bonds.